The Morgan fingerprint density at radius 3 is 2.76 bits per heavy atom. The minimum atomic E-state index is 0.163. The van der Waals surface area contributed by atoms with E-state index >= 15 is 0 Å². The summed E-state index contributed by atoms with van der Waals surface area (Å²) in [5.41, 5.74) is 3.61. The first-order valence-corrected chi connectivity index (χ1v) is 8.02. The second-order valence-corrected chi connectivity index (χ2v) is 6.05. The van der Waals surface area contributed by atoms with Crippen molar-refractivity contribution in [3.8, 4) is 0 Å². The van der Waals surface area contributed by atoms with Crippen molar-refractivity contribution in [2.24, 2.45) is 0 Å². The van der Waals surface area contributed by atoms with Crippen LogP contribution >= 0.6 is 0 Å². The SMILES string of the molecule is O=C(c1ccc2c(c1)CCC2)N1CCCN(CCO)CC1. The second kappa shape index (κ2) is 6.58. The number of rotatable bonds is 3. The maximum Gasteiger partial charge on any atom is 0.253 e. The predicted octanol–water partition coefficient (Wildman–Crippen LogP) is 1.32. The monoisotopic (exact) mass is 288 g/mol. The maximum absolute atomic E-state index is 12.7. The van der Waals surface area contributed by atoms with Crippen LogP contribution in [0.15, 0.2) is 18.2 Å². The lowest BCUT2D eigenvalue weighted by Gasteiger charge is -2.22. The van der Waals surface area contributed by atoms with E-state index in [-0.39, 0.29) is 12.5 Å². The van der Waals surface area contributed by atoms with Gasteiger partial charge in [-0.15, -0.1) is 0 Å². The molecule has 4 nitrogen and oxygen atoms in total. The van der Waals surface area contributed by atoms with Crippen molar-refractivity contribution in [2.45, 2.75) is 25.7 Å². The van der Waals surface area contributed by atoms with Crippen molar-refractivity contribution in [3.63, 3.8) is 0 Å². The highest BCUT2D eigenvalue weighted by Gasteiger charge is 2.21. The van der Waals surface area contributed by atoms with Crippen LogP contribution in [0.3, 0.4) is 0 Å². The zero-order chi connectivity index (χ0) is 14.7. The molecule has 2 aliphatic rings. The first-order valence-electron chi connectivity index (χ1n) is 8.02. The lowest BCUT2D eigenvalue weighted by atomic mass is 10.1. The van der Waals surface area contributed by atoms with Gasteiger partial charge in [-0.3, -0.25) is 9.69 Å². The number of aliphatic hydroxyl groups excluding tert-OH is 1. The molecule has 1 N–H and O–H groups in total. The quantitative estimate of drug-likeness (QED) is 0.912. The number of aryl methyl sites for hydroxylation is 2. The van der Waals surface area contributed by atoms with Crippen LogP contribution in [0.2, 0.25) is 0 Å². The van der Waals surface area contributed by atoms with Gasteiger partial charge in [0, 0.05) is 31.7 Å². The second-order valence-electron chi connectivity index (χ2n) is 6.05. The Bertz CT molecular complexity index is 516. The van der Waals surface area contributed by atoms with Gasteiger partial charge in [-0.2, -0.15) is 0 Å². The molecule has 1 aliphatic carbocycles. The van der Waals surface area contributed by atoms with Crippen LogP contribution in [-0.4, -0.2) is 60.1 Å². The van der Waals surface area contributed by atoms with Crippen LogP contribution in [0.1, 0.15) is 34.3 Å². The third-order valence-electron chi connectivity index (χ3n) is 4.64. The fourth-order valence-electron chi connectivity index (χ4n) is 3.43. The molecule has 0 aromatic heterocycles. The molecule has 1 amide bonds. The Hall–Kier alpha value is -1.39. The lowest BCUT2D eigenvalue weighted by Crippen LogP contribution is -2.36. The number of fused-ring (bicyclic) bond motifs is 1. The molecule has 1 heterocycles. The zero-order valence-corrected chi connectivity index (χ0v) is 12.6. The van der Waals surface area contributed by atoms with Gasteiger partial charge in [0.2, 0.25) is 0 Å². The van der Waals surface area contributed by atoms with E-state index in [4.69, 9.17) is 5.11 Å². The Kier molecular flexibility index (Phi) is 4.56. The average Bonchev–Trinajstić information content (AvgIpc) is 2.85. The third kappa shape index (κ3) is 3.27. The molecular formula is C17H24N2O2. The number of hydrogen-bond acceptors (Lipinski definition) is 3. The fourth-order valence-corrected chi connectivity index (χ4v) is 3.43. The van der Waals surface area contributed by atoms with Gasteiger partial charge in [-0.1, -0.05) is 6.07 Å². The molecule has 1 saturated heterocycles. The number of amides is 1. The zero-order valence-electron chi connectivity index (χ0n) is 12.6. The van der Waals surface area contributed by atoms with E-state index in [9.17, 15) is 4.79 Å². The van der Waals surface area contributed by atoms with Gasteiger partial charge < -0.3 is 10.0 Å². The van der Waals surface area contributed by atoms with E-state index in [2.05, 4.69) is 17.0 Å². The first-order chi connectivity index (χ1) is 10.3. The van der Waals surface area contributed by atoms with E-state index < -0.39 is 0 Å². The highest BCUT2D eigenvalue weighted by molar-refractivity contribution is 5.94. The number of hydrogen-bond donors (Lipinski definition) is 1. The Balaban J connectivity index is 1.67. The van der Waals surface area contributed by atoms with Gasteiger partial charge in [0.25, 0.3) is 5.91 Å². The molecule has 114 valence electrons. The van der Waals surface area contributed by atoms with Crippen LogP contribution in [-0.2, 0) is 12.8 Å². The van der Waals surface area contributed by atoms with Crippen molar-refractivity contribution >= 4 is 5.91 Å². The van der Waals surface area contributed by atoms with Crippen molar-refractivity contribution < 1.29 is 9.90 Å². The number of β-amino-alcohol motifs (C(OH)–C–C–N with tert-alkyl or cyclic N) is 1. The van der Waals surface area contributed by atoms with Crippen LogP contribution in [0.5, 0.6) is 0 Å². The number of benzene rings is 1. The molecule has 4 heteroatoms. The molecule has 1 aromatic carbocycles. The van der Waals surface area contributed by atoms with Crippen molar-refractivity contribution in [2.75, 3.05) is 39.3 Å². The molecular weight excluding hydrogens is 264 g/mol. The predicted molar refractivity (Wildman–Crippen MR) is 82.5 cm³/mol. The van der Waals surface area contributed by atoms with Crippen molar-refractivity contribution in [3.05, 3.63) is 34.9 Å². The Labute approximate surface area is 126 Å². The van der Waals surface area contributed by atoms with E-state index in [1.807, 2.05) is 11.0 Å². The molecule has 0 radical (unpaired) electrons. The molecule has 3 rings (SSSR count). The summed E-state index contributed by atoms with van der Waals surface area (Å²) in [6, 6.07) is 6.22. The number of nitrogens with zero attached hydrogens (tertiary/aromatic N) is 2. The number of carbonyl (C=O) groups is 1. The van der Waals surface area contributed by atoms with Crippen LogP contribution in [0.25, 0.3) is 0 Å². The molecule has 0 atom stereocenters. The molecule has 0 bridgehead atoms. The summed E-state index contributed by atoms with van der Waals surface area (Å²) in [5, 5.41) is 9.03. The summed E-state index contributed by atoms with van der Waals surface area (Å²) in [6.07, 6.45) is 4.47. The Morgan fingerprint density at radius 2 is 1.90 bits per heavy atom. The molecule has 1 aromatic rings. The maximum atomic E-state index is 12.7. The fraction of sp³-hybridized carbons (Fsp3) is 0.588. The highest BCUT2D eigenvalue weighted by atomic mass is 16.3. The topological polar surface area (TPSA) is 43.8 Å². The molecule has 1 aliphatic heterocycles. The minimum absolute atomic E-state index is 0.163. The van der Waals surface area contributed by atoms with E-state index in [0.29, 0.717) is 6.54 Å². The number of aliphatic hydroxyl groups is 1. The van der Waals surface area contributed by atoms with Crippen LogP contribution < -0.4 is 0 Å². The molecule has 0 unspecified atom stereocenters. The van der Waals surface area contributed by atoms with Gasteiger partial charge in [0.15, 0.2) is 0 Å². The minimum Gasteiger partial charge on any atom is -0.395 e. The lowest BCUT2D eigenvalue weighted by molar-refractivity contribution is 0.0760. The van der Waals surface area contributed by atoms with Gasteiger partial charge in [-0.05, 0) is 55.5 Å². The van der Waals surface area contributed by atoms with Crippen molar-refractivity contribution in [1.29, 1.82) is 0 Å². The Morgan fingerprint density at radius 1 is 1.05 bits per heavy atom. The largest absolute Gasteiger partial charge is 0.395 e. The van der Waals surface area contributed by atoms with Crippen LogP contribution in [0.4, 0.5) is 0 Å². The van der Waals surface area contributed by atoms with Gasteiger partial charge >= 0.3 is 0 Å². The van der Waals surface area contributed by atoms with Gasteiger partial charge in [-0.25, -0.2) is 0 Å². The summed E-state index contributed by atoms with van der Waals surface area (Å²) in [4.78, 5) is 16.9. The van der Waals surface area contributed by atoms with Gasteiger partial charge in [0.1, 0.15) is 0 Å². The van der Waals surface area contributed by atoms with Gasteiger partial charge in [0.05, 0.1) is 6.61 Å². The smallest absolute Gasteiger partial charge is 0.253 e. The van der Waals surface area contributed by atoms with Crippen molar-refractivity contribution in [1.82, 2.24) is 9.80 Å². The first kappa shape index (κ1) is 14.5. The summed E-state index contributed by atoms with van der Waals surface area (Å²) < 4.78 is 0. The standard InChI is InChI=1S/C17H24N2O2/c20-12-11-18-7-2-8-19(10-9-18)17(21)16-6-5-14-3-1-4-15(14)13-16/h5-6,13,20H,1-4,7-12H2. The molecule has 0 spiro atoms. The highest BCUT2D eigenvalue weighted by Crippen LogP contribution is 2.23. The molecule has 1 fully saturated rings. The molecule has 0 saturated carbocycles. The average molecular weight is 288 g/mol. The molecule has 21 heavy (non-hydrogen) atoms. The van der Waals surface area contributed by atoms with Crippen LogP contribution in [0, 0.1) is 0 Å². The normalized spacial score (nSPS) is 19.4. The van der Waals surface area contributed by atoms with E-state index in [1.165, 1.54) is 17.5 Å². The summed E-state index contributed by atoms with van der Waals surface area (Å²) in [6.45, 7) is 4.30. The summed E-state index contributed by atoms with van der Waals surface area (Å²) in [7, 11) is 0. The van der Waals surface area contributed by atoms with E-state index in [1.54, 1.807) is 0 Å². The van der Waals surface area contributed by atoms with E-state index in [0.717, 1.165) is 51.0 Å². The summed E-state index contributed by atoms with van der Waals surface area (Å²) >= 11 is 0. The summed E-state index contributed by atoms with van der Waals surface area (Å²) in [5.74, 6) is 0.163. The third-order valence-corrected chi connectivity index (χ3v) is 4.64. The number of carbonyl (C=O) groups excluding carboxylic acids is 1.